The summed E-state index contributed by atoms with van der Waals surface area (Å²) in [5.74, 6) is 0.426. The third-order valence-electron chi connectivity index (χ3n) is 4.90. The van der Waals surface area contributed by atoms with Crippen LogP contribution in [0.1, 0.15) is 19.3 Å². The lowest BCUT2D eigenvalue weighted by atomic mass is 9.80. The van der Waals surface area contributed by atoms with Crippen LogP contribution in [0, 0.1) is 17.3 Å². The Morgan fingerprint density at radius 3 is 2.59 bits per heavy atom. The molecule has 0 aromatic carbocycles. The van der Waals surface area contributed by atoms with Gasteiger partial charge in [0, 0.05) is 38.6 Å². The second kappa shape index (κ2) is 3.85. The highest BCUT2D eigenvalue weighted by atomic mass is 19.4. The SMILES string of the molecule is FC(F)(F)C12CNCC1CN(CC1CCC1)C2. The van der Waals surface area contributed by atoms with E-state index >= 15 is 0 Å². The number of rotatable bonds is 2. The Bertz CT molecular complexity index is 301. The molecule has 0 bridgehead atoms. The van der Waals surface area contributed by atoms with Crippen molar-refractivity contribution < 1.29 is 13.2 Å². The Morgan fingerprint density at radius 1 is 1.29 bits per heavy atom. The van der Waals surface area contributed by atoms with E-state index in [0.29, 0.717) is 19.0 Å². The predicted molar refractivity (Wildman–Crippen MR) is 58.6 cm³/mol. The fourth-order valence-corrected chi connectivity index (χ4v) is 3.61. The van der Waals surface area contributed by atoms with Gasteiger partial charge in [-0.05, 0) is 18.8 Å². The van der Waals surface area contributed by atoms with Crippen molar-refractivity contribution >= 4 is 0 Å². The molecule has 0 aromatic heterocycles. The van der Waals surface area contributed by atoms with Gasteiger partial charge in [0.05, 0.1) is 5.41 Å². The van der Waals surface area contributed by atoms with Crippen LogP contribution in [0.5, 0.6) is 0 Å². The van der Waals surface area contributed by atoms with E-state index in [2.05, 4.69) is 10.2 Å². The zero-order chi connectivity index (χ0) is 12.1. The van der Waals surface area contributed by atoms with Crippen molar-refractivity contribution in [3.63, 3.8) is 0 Å². The van der Waals surface area contributed by atoms with Gasteiger partial charge in [0.15, 0.2) is 0 Å². The molecule has 3 fully saturated rings. The average Bonchev–Trinajstić information content (AvgIpc) is 2.65. The first-order valence-corrected chi connectivity index (χ1v) is 6.51. The van der Waals surface area contributed by atoms with Crippen LogP contribution in [-0.2, 0) is 0 Å². The van der Waals surface area contributed by atoms with Crippen LogP contribution in [0.3, 0.4) is 0 Å². The molecule has 98 valence electrons. The number of nitrogens with zero attached hydrogens (tertiary/aromatic N) is 1. The van der Waals surface area contributed by atoms with Crippen molar-refractivity contribution in [2.45, 2.75) is 25.4 Å². The highest BCUT2D eigenvalue weighted by molar-refractivity contribution is 5.07. The van der Waals surface area contributed by atoms with Gasteiger partial charge in [-0.25, -0.2) is 0 Å². The summed E-state index contributed by atoms with van der Waals surface area (Å²) < 4.78 is 39.7. The van der Waals surface area contributed by atoms with Gasteiger partial charge >= 0.3 is 6.18 Å². The maximum atomic E-state index is 13.2. The van der Waals surface area contributed by atoms with E-state index < -0.39 is 11.6 Å². The molecule has 1 saturated carbocycles. The highest BCUT2D eigenvalue weighted by Crippen LogP contribution is 2.51. The molecule has 3 rings (SSSR count). The first-order valence-electron chi connectivity index (χ1n) is 6.51. The van der Waals surface area contributed by atoms with E-state index in [0.717, 1.165) is 6.54 Å². The number of fused-ring (bicyclic) bond motifs is 1. The van der Waals surface area contributed by atoms with Crippen molar-refractivity contribution in [2.75, 3.05) is 32.7 Å². The Morgan fingerprint density at radius 2 is 2.06 bits per heavy atom. The molecular formula is C12H19F3N2. The minimum absolute atomic E-state index is 0.113. The van der Waals surface area contributed by atoms with E-state index in [1.165, 1.54) is 19.3 Å². The first kappa shape index (κ1) is 11.8. The Hall–Kier alpha value is -0.290. The second-order valence-corrected chi connectivity index (χ2v) is 5.97. The molecule has 2 heterocycles. The monoisotopic (exact) mass is 248 g/mol. The summed E-state index contributed by atoms with van der Waals surface area (Å²) in [7, 11) is 0. The molecule has 5 heteroatoms. The summed E-state index contributed by atoms with van der Waals surface area (Å²) in [5, 5.41) is 2.93. The summed E-state index contributed by atoms with van der Waals surface area (Å²) in [6.45, 7) is 2.37. The van der Waals surface area contributed by atoms with Crippen LogP contribution in [0.25, 0.3) is 0 Å². The summed E-state index contributed by atoms with van der Waals surface area (Å²) in [5.41, 5.74) is -1.46. The number of likely N-dealkylation sites (tertiary alicyclic amines) is 1. The molecular weight excluding hydrogens is 229 g/mol. The average molecular weight is 248 g/mol. The van der Waals surface area contributed by atoms with Crippen molar-refractivity contribution in [3.05, 3.63) is 0 Å². The third-order valence-corrected chi connectivity index (χ3v) is 4.90. The maximum Gasteiger partial charge on any atom is 0.397 e. The van der Waals surface area contributed by atoms with E-state index in [4.69, 9.17) is 0 Å². The van der Waals surface area contributed by atoms with E-state index in [1.54, 1.807) is 0 Å². The summed E-state index contributed by atoms with van der Waals surface area (Å²) in [6, 6.07) is 0. The second-order valence-electron chi connectivity index (χ2n) is 5.97. The zero-order valence-corrected chi connectivity index (χ0v) is 9.89. The largest absolute Gasteiger partial charge is 0.397 e. The molecule has 0 spiro atoms. The van der Waals surface area contributed by atoms with Gasteiger partial charge in [-0.1, -0.05) is 6.42 Å². The van der Waals surface area contributed by atoms with Crippen LogP contribution in [0.4, 0.5) is 13.2 Å². The van der Waals surface area contributed by atoms with E-state index in [9.17, 15) is 13.2 Å². The van der Waals surface area contributed by atoms with Crippen molar-refractivity contribution in [3.8, 4) is 0 Å². The zero-order valence-electron chi connectivity index (χ0n) is 9.89. The quantitative estimate of drug-likeness (QED) is 0.802. The van der Waals surface area contributed by atoms with Crippen molar-refractivity contribution in [1.82, 2.24) is 10.2 Å². The fraction of sp³-hybridized carbons (Fsp3) is 1.00. The van der Waals surface area contributed by atoms with Crippen LogP contribution < -0.4 is 5.32 Å². The number of nitrogens with one attached hydrogen (secondary N) is 1. The number of hydrogen-bond acceptors (Lipinski definition) is 2. The minimum atomic E-state index is -4.06. The van der Waals surface area contributed by atoms with E-state index in [1.807, 2.05) is 0 Å². The Balaban J connectivity index is 1.70. The summed E-state index contributed by atoms with van der Waals surface area (Å²) >= 11 is 0. The summed E-state index contributed by atoms with van der Waals surface area (Å²) in [6.07, 6.45) is -0.389. The standard InChI is InChI=1S/C12H19F3N2/c13-12(14,15)11-7-16-4-10(11)6-17(8-11)5-9-2-1-3-9/h9-10,16H,1-8H2. The molecule has 2 saturated heterocycles. The fourth-order valence-electron chi connectivity index (χ4n) is 3.61. The Labute approximate surface area is 99.5 Å². The molecule has 2 unspecified atom stereocenters. The molecule has 2 atom stereocenters. The summed E-state index contributed by atoms with van der Waals surface area (Å²) in [4.78, 5) is 2.06. The normalized spacial score (nSPS) is 39.4. The van der Waals surface area contributed by atoms with Gasteiger partial charge in [-0.2, -0.15) is 13.2 Å². The minimum Gasteiger partial charge on any atom is -0.315 e. The van der Waals surface area contributed by atoms with Crippen molar-refractivity contribution in [1.29, 1.82) is 0 Å². The van der Waals surface area contributed by atoms with Gasteiger partial charge in [0.1, 0.15) is 0 Å². The van der Waals surface area contributed by atoms with Crippen molar-refractivity contribution in [2.24, 2.45) is 17.3 Å². The number of halogens is 3. The number of alkyl halides is 3. The lowest BCUT2D eigenvalue weighted by molar-refractivity contribution is -0.221. The Kier molecular flexibility index (Phi) is 2.67. The molecule has 0 radical (unpaired) electrons. The van der Waals surface area contributed by atoms with Gasteiger partial charge in [0.2, 0.25) is 0 Å². The van der Waals surface area contributed by atoms with Gasteiger partial charge in [-0.15, -0.1) is 0 Å². The van der Waals surface area contributed by atoms with Crippen LogP contribution >= 0.6 is 0 Å². The third kappa shape index (κ3) is 1.78. The van der Waals surface area contributed by atoms with E-state index in [-0.39, 0.29) is 19.0 Å². The molecule has 17 heavy (non-hydrogen) atoms. The highest BCUT2D eigenvalue weighted by Gasteiger charge is 2.64. The topological polar surface area (TPSA) is 15.3 Å². The smallest absolute Gasteiger partial charge is 0.315 e. The molecule has 1 N–H and O–H groups in total. The molecule has 2 nitrogen and oxygen atoms in total. The predicted octanol–water partition coefficient (Wildman–Crippen LogP) is 1.87. The molecule has 3 aliphatic rings. The van der Waals surface area contributed by atoms with Gasteiger partial charge in [0.25, 0.3) is 0 Å². The number of hydrogen-bond donors (Lipinski definition) is 1. The van der Waals surface area contributed by atoms with Crippen LogP contribution in [0.15, 0.2) is 0 Å². The molecule has 1 aliphatic carbocycles. The van der Waals surface area contributed by atoms with Gasteiger partial charge < -0.3 is 10.2 Å². The lowest BCUT2D eigenvalue weighted by Crippen LogP contribution is -2.46. The van der Waals surface area contributed by atoms with Crippen LogP contribution in [0.2, 0.25) is 0 Å². The molecule has 0 amide bonds. The maximum absolute atomic E-state index is 13.2. The lowest BCUT2D eigenvalue weighted by Gasteiger charge is -2.33. The van der Waals surface area contributed by atoms with Crippen LogP contribution in [-0.4, -0.2) is 43.8 Å². The molecule has 0 aromatic rings. The first-order chi connectivity index (χ1) is 8.01. The van der Waals surface area contributed by atoms with Gasteiger partial charge in [-0.3, -0.25) is 0 Å². The molecule has 2 aliphatic heterocycles.